The smallest absolute Gasteiger partial charge is 0.248 e. The Morgan fingerprint density at radius 2 is 1.62 bits per heavy atom. The molecule has 1 heterocycles. The molecule has 4 aromatic rings. The molecule has 0 atom stereocenters. The first-order valence-corrected chi connectivity index (χ1v) is 12.2. The van der Waals surface area contributed by atoms with Gasteiger partial charge < -0.3 is 30.7 Å². The van der Waals surface area contributed by atoms with Gasteiger partial charge in [0.15, 0.2) is 5.96 Å². The van der Waals surface area contributed by atoms with Crippen molar-refractivity contribution < 1.29 is 14.2 Å². The fourth-order valence-electron chi connectivity index (χ4n) is 3.76. The van der Waals surface area contributed by atoms with Crippen molar-refractivity contribution in [2.45, 2.75) is 33.5 Å². The van der Waals surface area contributed by atoms with E-state index in [1.54, 1.807) is 6.07 Å². The molecule has 0 radical (unpaired) electrons. The molecule has 37 heavy (non-hydrogen) atoms. The summed E-state index contributed by atoms with van der Waals surface area (Å²) < 4.78 is 18.2. The van der Waals surface area contributed by atoms with Crippen LogP contribution in [0.25, 0.3) is 10.9 Å². The molecule has 0 unspecified atom stereocenters. The minimum Gasteiger partial charge on any atom is -0.493 e. The van der Waals surface area contributed by atoms with E-state index in [9.17, 15) is 4.79 Å². The first-order chi connectivity index (χ1) is 17.9. The summed E-state index contributed by atoms with van der Waals surface area (Å²) >= 11 is 0. The fraction of sp³-hybridized carbons (Fsp3) is 0.241. The number of ether oxygens (including phenoxy) is 3. The fourth-order valence-corrected chi connectivity index (χ4v) is 3.76. The predicted molar refractivity (Wildman–Crippen MR) is 147 cm³/mol. The lowest BCUT2D eigenvalue weighted by Gasteiger charge is -2.14. The SMILES string of the molecule is CC(C)CCOc1cc(COc2cccc3ccc(=O)[nH]c23)cc(OCc2cccc(N=C(N)N)c2)c1. The number of guanidine groups is 1. The summed E-state index contributed by atoms with van der Waals surface area (Å²) in [4.78, 5) is 18.8. The topological polar surface area (TPSA) is 125 Å². The average Bonchev–Trinajstić information content (AvgIpc) is 2.86. The lowest BCUT2D eigenvalue weighted by Crippen LogP contribution is -2.21. The van der Waals surface area contributed by atoms with Crippen LogP contribution in [-0.4, -0.2) is 17.6 Å². The van der Waals surface area contributed by atoms with Crippen LogP contribution in [0, 0.1) is 5.92 Å². The van der Waals surface area contributed by atoms with Crippen molar-refractivity contribution in [3.05, 3.63) is 94.3 Å². The number of pyridine rings is 1. The summed E-state index contributed by atoms with van der Waals surface area (Å²) in [5.74, 6) is 2.49. The zero-order valence-corrected chi connectivity index (χ0v) is 21.1. The third kappa shape index (κ3) is 7.51. The number of para-hydroxylation sites is 1. The second-order valence-electron chi connectivity index (χ2n) is 9.17. The Labute approximate surface area is 215 Å². The number of aliphatic imine (C=N–C) groups is 1. The van der Waals surface area contributed by atoms with E-state index in [0.717, 1.165) is 22.9 Å². The van der Waals surface area contributed by atoms with Crippen molar-refractivity contribution in [1.82, 2.24) is 4.98 Å². The maximum Gasteiger partial charge on any atom is 0.248 e. The van der Waals surface area contributed by atoms with E-state index in [4.69, 9.17) is 25.7 Å². The van der Waals surface area contributed by atoms with Gasteiger partial charge in [-0.15, -0.1) is 0 Å². The Hall–Kier alpha value is -4.46. The van der Waals surface area contributed by atoms with Crippen LogP contribution in [0.2, 0.25) is 0 Å². The number of hydrogen-bond acceptors (Lipinski definition) is 5. The van der Waals surface area contributed by atoms with Gasteiger partial charge in [-0.3, -0.25) is 4.79 Å². The number of aromatic nitrogens is 1. The zero-order valence-electron chi connectivity index (χ0n) is 21.1. The molecule has 0 aliphatic heterocycles. The molecule has 3 aromatic carbocycles. The van der Waals surface area contributed by atoms with Crippen molar-refractivity contribution in [2.24, 2.45) is 22.4 Å². The van der Waals surface area contributed by atoms with Crippen LogP contribution in [0.5, 0.6) is 17.2 Å². The van der Waals surface area contributed by atoms with Crippen LogP contribution in [0.4, 0.5) is 5.69 Å². The van der Waals surface area contributed by atoms with Gasteiger partial charge in [-0.05, 0) is 59.9 Å². The van der Waals surface area contributed by atoms with E-state index < -0.39 is 0 Å². The molecule has 0 saturated heterocycles. The average molecular weight is 501 g/mol. The highest BCUT2D eigenvalue weighted by molar-refractivity contribution is 5.84. The zero-order chi connectivity index (χ0) is 26.2. The number of nitrogens with one attached hydrogen (secondary N) is 1. The minimum absolute atomic E-state index is 0.00391. The quantitative estimate of drug-likeness (QED) is 0.196. The number of hydrogen-bond donors (Lipinski definition) is 3. The highest BCUT2D eigenvalue weighted by atomic mass is 16.5. The highest BCUT2D eigenvalue weighted by Crippen LogP contribution is 2.28. The van der Waals surface area contributed by atoms with Crippen LogP contribution < -0.4 is 31.2 Å². The first-order valence-electron chi connectivity index (χ1n) is 12.2. The van der Waals surface area contributed by atoms with E-state index in [1.807, 2.05) is 60.7 Å². The molecule has 0 amide bonds. The van der Waals surface area contributed by atoms with Gasteiger partial charge in [0.1, 0.15) is 30.5 Å². The third-order valence-corrected chi connectivity index (χ3v) is 5.59. The number of nitrogens with two attached hydrogens (primary N) is 2. The summed E-state index contributed by atoms with van der Waals surface area (Å²) in [7, 11) is 0. The standard InChI is InChI=1S/C29H32N4O4/c1-19(2)11-12-35-24-14-21(18-37-26-8-4-6-22-9-10-27(34)33-28(22)26)15-25(16-24)36-17-20-5-3-7-23(13-20)32-29(30)31/h3-10,13-16,19H,11-12,17-18H2,1-2H3,(H,33,34)(H4,30,31,32). The predicted octanol–water partition coefficient (Wildman–Crippen LogP) is 5.02. The van der Waals surface area contributed by atoms with Crippen LogP contribution >= 0.6 is 0 Å². The van der Waals surface area contributed by atoms with E-state index in [-0.39, 0.29) is 18.1 Å². The molecule has 0 fully saturated rings. The molecule has 8 heteroatoms. The summed E-state index contributed by atoms with van der Waals surface area (Å²) in [6.45, 7) is 5.52. The number of benzene rings is 3. The van der Waals surface area contributed by atoms with Crippen LogP contribution in [0.1, 0.15) is 31.4 Å². The molecular weight excluding hydrogens is 468 g/mol. The van der Waals surface area contributed by atoms with Crippen LogP contribution in [-0.2, 0) is 13.2 Å². The summed E-state index contributed by atoms with van der Waals surface area (Å²) in [6, 6.07) is 22.2. The van der Waals surface area contributed by atoms with Crippen molar-refractivity contribution in [2.75, 3.05) is 6.61 Å². The van der Waals surface area contributed by atoms with Gasteiger partial charge in [0.2, 0.25) is 5.56 Å². The van der Waals surface area contributed by atoms with E-state index in [2.05, 4.69) is 23.8 Å². The van der Waals surface area contributed by atoms with E-state index in [1.165, 1.54) is 6.07 Å². The van der Waals surface area contributed by atoms with E-state index in [0.29, 0.717) is 47.6 Å². The van der Waals surface area contributed by atoms with Crippen LogP contribution in [0.15, 0.2) is 82.6 Å². The number of nitrogens with zero attached hydrogens (tertiary/aromatic N) is 1. The Kier molecular flexibility index (Phi) is 8.30. The molecular formula is C29H32N4O4. The lowest BCUT2D eigenvalue weighted by molar-refractivity contribution is 0.276. The van der Waals surface area contributed by atoms with Gasteiger partial charge in [-0.2, -0.15) is 0 Å². The normalized spacial score (nSPS) is 10.9. The maximum atomic E-state index is 11.8. The molecule has 1 aromatic heterocycles. The Morgan fingerprint density at radius 1 is 0.865 bits per heavy atom. The maximum absolute atomic E-state index is 11.8. The largest absolute Gasteiger partial charge is 0.493 e. The molecule has 0 aliphatic carbocycles. The van der Waals surface area contributed by atoms with Crippen LogP contribution in [0.3, 0.4) is 0 Å². The number of fused-ring (bicyclic) bond motifs is 1. The van der Waals surface area contributed by atoms with Crippen molar-refractivity contribution in [3.8, 4) is 17.2 Å². The number of H-pyrrole nitrogens is 1. The molecule has 0 aliphatic rings. The van der Waals surface area contributed by atoms with Gasteiger partial charge in [0, 0.05) is 17.5 Å². The van der Waals surface area contributed by atoms with E-state index >= 15 is 0 Å². The Morgan fingerprint density at radius 3 is 2.41 bits per heavy atom. The van der Waals surface area contributed by atoms with Gasteiger partial charge in [-0.1, -0.05) is 38.1 Å². The summed E-state index contributed by atoms with van der Waals surface area (Å²) in [5.41, 5.74) is 13.9. The third-order valence-electron chi connectivity index (χ3n) is 5.59. The van der Waals surface area contributed by atoms with Gasteiger partial charge in [0.25, 0.3) is 0 Å². The Balaban J connectivity index is 1.53. The van der Waals surface area contributed by atoms with Gasteiger partial charge in [-0.25, -0.2) is 4.99 Å². The Bertz CT molecular complexity index is 1440. The minimum atomic E-state index is -0.177. The molecule has 192 valence electrons. The molecule has 4 rings (SSSR count). The molecule has 8 nitrogen and oxygen atoms in total. The van der Waals surface area contributed by atoms with Gasteiger partial charge in [0.05, 0.1) is 17.8 Å². The van der Waals surface area contributed by atoms with Crippen molar-refractivity contribution in [3.63, 3.8) is 0 Å². The summed E-state index contributed by atoms with van der Waals surface area (Å²) in [6.07, 6.45) is 0.942. The number of aromatic amines is 1. The molecule has 0 saturated carbocycles. The van der Waals surface area contributed by atoms with Crippen molar-refractivity contribution in [1.29, 1.82) is 0 Å². The lowest BCUT2D eigenvalue weighted by atomic mass is 10.1. The number of rotatable bonds is 11. The monoisotopic (exact) mass is 500 g/mol. The van der Waals surface area contributed by atoms with Gasteiger partial charge >= 0.3 is 0 Å². The second-order valence-corrected chi connectivity index (χ2v) is 9.17. The first kappa shape index (κ1) is 25.6. The molecule has 0 spiro atoms. The molecule has 0 bridgehead atoms. The highest BCUT2D eigenvalue weighted by Gasteiger charge is 2.09. The molecule has 5 N–H and O–H groups in total. The van der Waals surface area contributed by atoms with Crippen molar-refractivity contribution >= 4 is 22.5 Å². The summed E-state index contributed by atoms with van der Waals surface area (Å²) in [5, 5.41) is 0.898. The second kappa shape index (κ2) is 12.0.